The summed E-state index contributed by atoms with van der Waals surface area (Å²) in [6, 6.07) is 29.7. The fraction of sp³-hybridized carbons (Fsp3) is 0.0435. The molecule has 0 aliphatic carbocycles. The fourth-order valence-electron chi connectivity index (χ4n) is 3.25. The highest BCUT2D eigenvalue weighted by Gasteiger charge is 2.15. The van der Waals surface area contributed by atoms with Crippen LogP contribution in [0.15, 0.2) is 91.0 Å². The Morgan fingerprint density at radius 2 is 1.32 bits per heavy atom. The van der Waals surface area contributed by atoms with Crippen LogP contribution in [0.25, 0.3) is 10.8 Å². The lowest BCUT2D eigenvalue weighted by molar-refractivity contribution is 0.415. The lowest BCUT2D eigenvalue weighted by Crippen LogP contribution is -2.10. The van der Waals surface area contributed by atoms with Gasteiger partial charge in [-0.3, -0.25) is 0 Å². The first-order valence-corrected chi connectivity index (χ1v) is 9.41. The van der Waals surface area contributed by atoms with Crippen LogP contribution in [-0.2, 0) is 0 Å². The Balaban J connectivity index is 1.87. The van der Waals surface area contributed by atoms with Crippen molar-refractivity contribution in [3.05, 3.63) is 91.0 Å². The molecule has 0 bridgehead atoms. The van der Waals surface area contributed by atoms with Crippen molar-refractivity contribution in [1.29, 1.82) is 0 Å². The number of nitrogens with zero attached hydrogens (tertiary/aromatic N) is 1. The Bertz CT molecular complexity index is 1060. The molecule has 140 valence electrons. The summed E-state index contributed by atoms with van der Waals surface area (Å²) in [4.78, 5) is 2.16. The molecule has 4 aromatic rings. The van der Waals surface area contributed by atoms with Gasteiger partial charge in [-0.25, -0.2) is 0 Å². The third-order valence-corrected chi connectivity index (χ3v) is 4.82. The summed E-state index contributed by atoms with van der Waals surface area (Å²) in [5.74, 6) is 1.26. The Labute approximate surface area is 167 Å². The summed E-state index contributed by atoms with van der Waals surface area (Å²) in [7, 11) is 1.65. The molecule has 0 saturated heterocycles. The maximum absolute atomic E-state index is 12.4. The van der Waals surface area contributed by atoms with Crippen molar-refractivity contribution in [3.63, 3.8) is 0 Å². The van der Waals surface area contributed by atoms with Crippen molar-refractivity contribution < 1.29 is 12.8 Å². The minimum atomic E-state index is -0.160. The summed E-state index contributed by atoms with van der Waals surface area (Å²) < 4.78 is 22.6. The molecule has 0 spiro atoms. The molecule has 0 fully saturated rings. The number of rotatable bonds is 6. The van der Waals surface area contributed by atoms with Crippen LogP contribution in [0.1, 0.15) is 0 Å². The van der Waals surface area contributed by atoms with E-state index in [4.69, 9.17) is 8.92 Å². The third kappa shape index (κ3) is 3.62. The summed E-state index contributed by atoms with van der Waals surface area (Å²) >= 11 is -0.160. The second-order valence-corrected chi connectivity index (χ2v) is 6.46. The van der Waals surface area contributed by atoms with Gasteiger partial charge in [-0.2, -0.15) is 0 Å². The quantitative estimate of drug-likeness (QED) is 0.323. The van der Waals surface area contributed by atoms with Crippen LogP contribution in [-0.4, -0.2) is 7.11 Å². The van der Waals surface area contributed by atoms with Gasteiger partial charge in [0.05, 0.1) is 12.8 Å². The molecular formula is C23H18FNO2S. The number of hydrogen-bond donors (Lipinski definition) is 0. The standard InChI is InChI=1S/C23H18FNO2S/c1-26-20-13-9-18(10-14-20)25(19-11-15-21(16-12-19)27-28-24)23-8-4-6-17-5-2-3-7-22(17)23/h2-16H,1H3. The minimum Gasteiger partial charge on any atom is -0.497 e. The van der Waals surface area contributed by atoms with E-state index in [1.54, 1.807) is 19.2 Å². The van der Waals surface area contributed by atoms with E-state index in [1.165, 1.54) is 0 Å². The van der Waals surface area contributed by atoms with E-state index in [0.717, 1.165) is 33.6 Å². The molecule has 0 N–H and O–H groups in total. The molecule has 0 aliphatic heterocycles. The molecule has 5 heteroatoms. The first-order valence-electron chi connectivity index (χ1n) is 8.77. The Kier molecular flexibility index (Phi) is 5.35. The van der Waals surface area contributed by atoms with E-state index in [2.05, 4.69) is 29.2 Å². The predicted octanol–water partition coefficient (Wildman–Crippen LogP) is 7.23. The fourth-order valence-corrected chi connectivity index (χ4v) is 3.43. The topological polar surface area (TPSA) is 21.7 Å². The monoisotopic (exact) mass is 391 g/mol. The number of benzene rings is 4. The average Bonchev–Trinajstić information content (AvgIpc) is 2.76. The maximum atomic E-state index is 12.4. The van der Waals surface area contributed by atoms with Gasteiger partial charge in [-0.15, -0.1) is 3.89 Å². The van der Waals surface area contributed by atoms with Crippen LogP contribution < -0.4 is 13.8 Å². The molecule has 0 atom stereocenters. The third-order valence-electron chi connectivity index (χ3n) is 4.56. The number of anilines is 3. The van der Waals surface area contributed by atoms with E-state index in [1.807, 2.05) is 54.6 Å². The second-order valence-electron chi connectivity index (χ2n) is 6.17. The summed E-state index contributed by atoms with van der Waals surface area (Å²) in [6.45, 7) is 0. The zero-order valence-corrected chi connectivity index (χ0v) is 16.0. The average molecular weight is 391 g/mol. The minimum absolute atomic E-state index is 0.160. The molecule has 0 saturated carbocycles. The SMILES string of the molecule is COc1ccc(N(c2ccc(OSF)cc2)c2cccc3ccccc23)cc1. The van der Waals surface area contributed by atoms with Crippen molar-refractivity contribution >= 4 is 40.3 Å². The lowest BCUT2D eigenvalue weighted by Gasteiger charge is -2.27. The van der Waals surface area contributed by atoms with Crippen molar-refractivity contribution in [2.75, 3.05) is 12.0 Å². The first kappa shape index (κ1) is 18.2. The van der Waals surface area contributed by atoms with Gasteiger partial charge < -0.3 is 13.8 Å². The van der Waals surface area contributed by atoms with Crippen molar-refractivity contribution in [1.82, 2.24) is 0 Å². The van der Waals surface area contributed by atoms with Crippen LogP contribution in [0.3, 0.4) is 0 Å². The van der Waals surface area contributed by atoms with Crippen LogP contribution >= 0.6 is 12.4 Å². The van der Waals surface area contributed by atoms with Gasteiger partial charge in [0.2, 0.25) is 0 Å². The Morgan fingerprint density at radius 1 is 0.714 bits per heavy atom. The zero-order valence-electron chi connectivity index (χ0n) is 15.2. The highest BCUT2D eigenvalue weighted by atomic mass is 32.2. The van der Waals surface area contributed by atoms with Crippen molar-refractivity contribution in [2.45, 2.75) is 0 Å². The molecule has 4 aromatic carbocycles. The summed E-state index contributed by atoms with van der Waals surface area (Å²) in [5, 5.41) is 2.30. The van der Waals surface area contributed by atoms with E-state index < -0.39 is 0 Å². The largest absolute Gasteiger partial charge is 0.497 e. The highest BCUT2D eigenvalue weighted by Crippen LogP contribution is 2.39. The van der Waals surface area contributed by atoms with Crippen molar-refractivity contribution in [2.24, 2.45) is 0 Å². The number of fused-ring (bicyclic) bond motifs is 1. The van der Waals surface area contributed by atoms with Gasteiger partial charge in [0, 0.05) is 16.8 Å². The Morgan fingerprint density at radius 3 is 1.96 bits per heavy atom. The molecule has 28 heavy (non-hydrogen) atoms. The Hall–Kier alpha value is -3.18. The van der Waals surface area contributed by atoms with Crippen LogP contribution in [0.4, 0.5) is 20.9 Å². The van der Waals surface area contributed by atoms with E-state index in [9.17, 15) is 3.89 Å². The van der Waals surface area contributed by atoms with E-state index >= 15 is 0 Å². The first-order chi connectivity index (χ1) is 13.8. The summed E-state index contributed by atoms with van der Waals surface area (Å²) in [6.07, 6.45) is 0. The van der Waals surface area contributed by atoms with Crippen LogP contribution in [0.5, 0.6) is 11.5 Å². The van der Waals surface area contributed by atoms with Crippen LogP contribution in [0.2, 0.25) is 0 Å². The lowest BCUT2D eigenvalue weighted by atomic mass is 10.1. The molecule has 0 aromatic heterocycles. The highest BCUT2D eigenvalue weighted by molar-refractivity contribution is 7.89. The van der Waals surface area contributed by atoms with Gasteiger partial charge in [0.1, 0.15) is 11.5 Å². The number of methoxy groups -OCH3 is 1. The van der Waals surface area contributed by atoms with E-state index in [-0.39, 0.29) is 12.4 Å². The zero-order chi connectivity index (χ0) is 19.3. The molecular weight excluding hydrogens is 373 g/mol. The van der Waals surface area contributed by atoms with Gasteiger partial charge in [-0.05, 0) is 60.0 Å². The van der Waals surface area contributed by atoms with Crippen LogP contribution in [0, 0.1) is 0 Å². The van der Waals surface area contributed by atoms with Gasteiger partial charge in [0.25, 0.3) is 12.4 Å². The molecule has 0 aliphatic rings. The molecule has 0 amide bonds. The predicted molar refractivity (Wildman–Crippen MR) is 115 cm³/mol. The molecule has 0 heterocycles. The molecule has 0 unspecified atom stereocenters. The van der Waals surface area contributed by atoms with Gasteiger partial charge >= 0.3 is 0 Å². The van der Waals surface area contributed by atoms with E-state index in [0.29, 0.717) is 5.75 Å². The molecule has 4 rings (SSSR count). The van der Waals surface area contributed by atoms with Gasteiger partial charge in [0.15, 0.2) is 0 Å². The molecule has 3 nitrogen and oxygen atoms in total. The molecule has 0 radical (unpaired) electrons. The maximum Gasteiger partial charge on any atom is 0.272 e. The number of hydrogen-bond acceptors (Lipinski definition) is 4. The van der Waals surface area contributed by atoms with Gasteiger partial charge in [-0.1, -0.05) is 36.4 Å². The number of ether oxygens (including phenoxy) is 1. The normalized spacial score (nSPS) is 10.6. The smallest absolute Gasteiger partial charge is 0.272 e. The summed E-state index contributed by atoms with van der Waals surface area (Å²) in [5.41, 5.74) is 2.99. The second kappa shape index (κ2) is 8.23. The number of halogens is 1. The van der Waals surface area contributed by atoms with Crippen molar-refractivity contribution in [3.8, 4) is 11.5 Å².